The molecule has 6 heteroatoms. The molecule has 88 valence electrons. The first-order valence-corrected chi connectivity index (χ1v) is 4.81. The molecule has 0 aromatic carbocycles. The molecular formula is C9H15F2NO3. The Hall–Kier alpha value is -0.750. The van der Waals surface area contributed by atoms with Gasteiger partial charge in [0.1, 0.15) is 6.61 Å². The molecule has 1 saturated heterocycles. The molecule has 0 N–H and O–H groups in total. The van der Waals surface area contributed by atoms with Crippen molar-refractivity contribution in [3.8, 4) is 0 Å². The maximum atomic E-state index is 11.7. The fourth-order valence-corrected chi connectivity index (χ4v) is 1.47. The molecule has 2 unspecified atom stereocenters. The lowest BCUT2D eigenvalue weighted by Gasteiger charge is -2.36. The molecule has 1 heterocycles. The minimum Gasteiger partial charge on any atom is -0.375 e. The van der Waals surface area contributed by atoms with Gasteiger partial charge in [-0.3, -0.25) is 4.79 Å². The molecule has 1 aliphatic heterocycles. The lowest BCUT2D eigenvalue weighted by molar-refractivity contribution is -0.167. The highest BCUT2D eigenvalue weighted by atomic mass is 19.3. The molecule has 1 amide bonds. The highest BCUT2D eigenvalue weighted by Crippen LogP contribution is 2.11. The van der Waals surface area contributed by atoms with Gasteiger partial charge in [-0.25, -0.2) is 0 Å². The van der Waals surface area contributed by atoms with Gasteiger partial charge in [0.05, 0.1) is 18.8 Å². The molecule has 0 aliphatic carbocycles. The van der Waals surface area contributed by atoms with Crippen molar-refractivity contribution >= 4 is 5.91 Å². The van der Waals surface area contributed by atoms with Gasteiger partial charge in [0, 0.05) is 6.54 Å². The Kier molecular flexibility index (Phi) is 4.41. The van der Waals surface area contributed by atoms with Gasteiger partial charge in [-0.2, -0.15) is 8.78 Å². The van der Waals surface area contributed by atoms with Crippen LogP contribution in [0.25, 0.3) is 0 Å². The van der Waals surface area contributed by atoms with Gasteiger partial charge in [-0.15, -0.1) is 0 Å². The van der Waals surface area contributed by atoms with E-state index in [2.05, 4.69) is 4.74 Å². The SMILES string of the molecule is CC1CN(C(=O)COC(F)F)C(C)CO1. The average Bonchev–Trinajstić information content (AvgIpc) is 2.18. The van der Waals surface area contributed by atoms with E-state index in [1.165, 1.54) is 4.90 Å². The van der Waals surface area contributed by atoms with E-state index in [0.717, 1.165) is 0 Å². The van der Waals surface area contributed by atoms with Crippen molar-refractivity contribution in [1.29, 1.82) is 0 Å². The van der Waals surface area contributed by atoms with E-state index >= 15 is 0 Å². The number of hydrogen-bond donors (Lipinski definition) is 0. The third kappa shape index (κ3) is 3.71. The van der Waals surface area contributed by atoms with E-state index in [-0.39, 0.29) is 12.1 Å². The van der Waals surface area contributed by atoms with E-state index in [4.69, 9.17) is 4.74 Å². The Morgan fingerprint density at radius 3 is 2.87 bits per heavy atom. The van der Waals surface area contributed by atoms with Gasteiger partial charge in [-0.1, -0.05) is 0 Å². The maximum absolute atomic E-state index is 11.7. The monoisotopic (exact) mass is 223 g/mol. The Morgan fingerprint density at radius 2 is 2.27 bits per heavy atom. The minimum atomic E-state index is -2.90. The normalized spacial score (nSPS) is 27.1. The number of morpholine rings is 1. The fourth-order valence-electron chi connectivity index (χ4n) is 1.47. The topological polar surface area (TPSA) is 38.8 Å². The highest BCUT2D eigenvalue weighted by molar-refractivity contribution is 5.77. The number of alkyl halides is 2. The quantitative estimate of drug-likeness (QED) is 0.712. The standard InChI is InChI=1S/C9H15F2NO3/c1-6-4-14-7(2)3-12(6)8(13)5-15-9(10)11/h6-7,9H,3-5H2,1-2H3. The molecule has 1 aliphatic rings. The molecule has 0 saturated carbocycles. The van der Waals surface area contributed by atoms with E-state index < -0.39 is 19.1 Å². The van der Waals surface area contributed by atoms with Crippen LogP contribution in [0.15, 0.2) is 0 Å². The number of carbonyl (C=O) groups excluding carboxylic acids is 1. The number of halogens is 2. The van der Waals surface area contributed by atoms with Crippen LogP contribution in [0.1, 0.15) is 13.8 Å². The van der Waals surface area contributed by atoms with Crippen molar-refractivity contribution < 1.29 is 23.0 Å². The molecule has 0 bridgehead atoms. The van der Waals surface area contributed by atoms with Crippen LogP contribution in [0.2, 0.25) is 0 Å². The summed E-state index contributed by atoms with van der Waals surface area (Å²) in [4.78, 5) is 13.0. The van der Waals surface area contributed by atoms with Gasteiger partial charge in [0.2, 0.25) is 5.91 Å². The first-order valence-electron chi connectivity index (χ1n) is 4.81. The Morgan fingerprint density at radius 1 is 1.60 bits per heavy atom. The summed E-state index contributed by atoms with van der Waals surface area (Å²) in [5.74, 6) is -0.419. The van der Waals surface area contributed by atoms with Crippen LogP contribution >= 0.6 is 0 Å². The first-order chi connectivity index (χ1) is 7.00. The summed E-state index contributed by atoms with van der Waals surface area (Å²) >= 11 is 0. The third-order valence-corrected chi connectivity index (χ3v) is 2.26. The van der Waals surface area contributed by atoms with Crippen LogP contribution in [0.3, 0.4) is 0 Å². The van der Waals surface area contributed by atoms with Crippen molar-refractivity contribution in [1.82, 2.24) is 4.90 Å². The molecule has 0 aromatic heterocycles. The third-order valence-electron chi connectivity index (χ3n) is 2.26. The molecule has 2 atom stereocenters. The van der Waals surface area contributed by atoms with Crippen LogP contribution < -0.4 is 0 Å². The maximum Gasteiger partial charge on any atom is 0.345 e. The zero-order valence-corrected chi connectivity index (χ0v) is 8.78. The molecule has 1 fully saturated rings. The smallest absolute Gasteiger partial charge is 0.345 e. The molecule has 0 radical (unpaired) electrons. The zero-order chi connectivity index (χ0) is 11.4. The predicted molar refractivity (Wildman–Crippen MR) is 48.5 cm³/mol. The van der Waals surface area contributed by atoms with E-state index in [1.54, 1.807) is 0 Å². The summed E-state index contributed by atoms with van der Waals surface area (Å²) in [6.45, 7) is 1.03. The second-order valence-corrected chi connectivity index (χ2v) is 3.61. The molecule has 4 nitrogen and oxygen atoms in total. The summed E-state index contributed by atoms with van der Waals surface area (Å²) in [6.07, 6.45) is -0.0586. The Bertz CT molecular complexity index is 225. The molecule has 0 spiro atoms. The second kappa shape index (κ2) is 5.37. The summed E-state index contributed by atoms with van der Waals surface area (Å²) in [5, 5.41) is 0. The second-order valence-electron chi connectivity index (χ2n) is 3.61. The van der Waals surface area contributed by atoms with Gasteiger partial charge < -0.3 is 14.4 Å². The van der Waals surface area contributed by atoms with Crippen LogP contribution in [0.5, 0.6) is 0 Å². The van der Waals surface area contributed by atoms with E-state index in [0.29, 0.717) is 13.2 Å². The first kappa shape index (κ1) is 12.3. The summed E-state index contributed by atoms with van der Waals surface area (Å²) < 4.78 is 32.7. The summed E-state index contributed by atoms with van der Waals surface area (Å²) in [7, 11) is 0. The van der Waals surface area contributed by atoms with Crippen LogP contribution in [-0.2, 0) is 14.3 Å². The van der Waals surface area contributed by atoms with E-state index in [1.807, 2.05) is 13.8 Å². The summed E-state index contributed by atoms with van der Waals surface area (Å²) in [5.41, 5.74) is 0. The van der Waals surface area contributed by atoms with Gasteiger partial charge in [0.25, 0.3) is 0 Å². The number of rotatable bonds is 3. The van der Waals surface area contributed by atoms with Crippen LogP contribution in [0.4, 0.5) is 8.78 Å². The van der Waals surface area contributed by atoms with Crippen molar-refractivity contribution in [2.75, 3.05) is 19.8 Å². The van der Waals surface area contributed by atoms with E-state index in [9.17, 15) is 13.6 Å². The summed E-state index contributed by atoms with van der Waals surface area (Å²) in [6, 6.07) is -0.0880. The molecule has 0 aromatic rings. The molecule has 1 rings (SSSR count). The van der Waals surface area contributed by atoms with Crippen molar-refractivity contribution in [2.24, 2.45) is 0 Å². The van der Waals surface area contributed by atoms with Crippen LogP contribution in [0, 0.1) is 0 Å². The molecule has 15 heavy (non-hydrogen) atoms. The van der Waals surface area contributed by atoms with Crippen molar-refractivity contribution in [3.05, 3.63) is 0 Å². The van der Waals surface area contributed by atoms with Crippen molar-refractivity contribution in [2.45, 2.75) is 32.6 Å². The van der Waals surface area contributed by atoms with Gasteiger partial charge in [-0.05, 0) is 13.8 Å². The van der Waals surface area contributed by atoms with Crippen LogP contribution in [-0.4, -0.2) is 49.3 Å². The number of ether oxygens (including phenoxy) is 2. The minimum absolute atomic E-state index is 0.0586. The lowest BCUT2D eigenvalue weighted by Crippen LogP contribution is -2.51. The number of carbonyl (C=O) groups is 1. The average molecular weight is 223 g/mol. The van der Waals surface area contributed by atoms with Gasteiger partial charge >= 0.3 is 6.61 Å². The van der Waals surface area contributed by atoms with Crippen molar-refractivity contribution in [3.63, 3.8) is 0 Å². The Labute approximate surface area is 87.1 Å². The number of hydrogen-bond acceptors (Lipinski definition) is 3. The fraction of sp³-hybridized carbons (Fsp3) is 0.889. The number of nitrogens with zero attached hydrogens (tertiary/aromatic N) is 1. The zero-order valence-electron chi connectivity index (χ0n) is 8.78. The number of amides is 1. The lowest BCUT2D eigenvalue weighted by atomic mass is 10.2. The largest absolute Gasteiger partial charge is 0.375 e. The Balaban J connectivity index is 2.42. The van der Waals surface area contributed by atoms with Gasteiger partial charge in [0.15, 0.2) is 0 Å². The molecular weight excluding hydrogens is 208 g/mol. The highest BCUT2D eigenvalue weighted by Gasteiger charge is 2.27. The predicted octanol–water partition coefficient (Wildman–Crippen LogP) is 0.861.